The zero-order valence-electron chi connectivity index (χ0n) is 11.8. The van der Waals surface area contributed by atoms with E-state index in [1.807, 2.05) is 6.92 Å². The van der Waals surface area contributed by atoms with Gasteiger partial charge in [-0.3, -0.25) is 9.59 Å². The monoisotopic (exact) mass is 287 g/mol. The van der Waals surface area contributed by atoms with Crippen molar-refractivity contribution in [2.24, 2.45) is 0 Å². The molecule has 1 saturated heterocycles. The van der Waals surface area contributed by atoms with Crippen LogP contribution < -0.4 is 4.90 Å². The summed E-state index contributed by atoms with van der Waals surface area (Å²) < 4.78 is 0. The normalized spacial score (nSPS) is 18.5. The Hall–Kier alpha value is -2.39. The van der Waals surface area contributed by atoms with E-state index < -0.39 is 0 Å². The predicted octanol–water partition coefficient (Wildman–Crippen LogP) is 0.504. The first-order chi connectivity index (χ1) is 10.1. The van der Waals surface area contributed by atoms with Crippen LogP contribution >= 0.6 is 0 Å². The summed E-state index contributed by atoms with van der Waals surface area (Å²) in [5.74, 6) is -0.450. The van der Waals surface area contributed by atoms with Gasteiger partial charge in [0.1, 0.15) is 12.6 Å². The molecule has 0 spiro atoms. The molecule has 2 amide bonds. The predicted molar refractivity (Wildman–Crippen MR) is 76.4 cm³/mol. The Morgan fingerprint density at radius 2 is 2.19 bits per heavy atom. The maximum Gasteiger partial charge on any atom is 0.246 e. The fourth-order valence-corrected chi connectivity index (χ4v) is 2.46. The highest BCUT2D eigenvalue weighted by atomic mass is 16.3. The van der Waals surface area contributed by atoms with Crippen molar-refractivity contribution in [2.75, 3.05) is 24.6 Å². The fourth-order valence-electron chi connectivity index (χ4n) is 2.46. The van der Waals surface area contributed by atoms with E-state index in [4.69, 9.17) is 10.4 Å². The van der Waals surface area contributed by atoms with Gasteiger partial charge in [-0.05, 0) is 19.1 Å². The van der Waals surface area contributed by atoms with Crippen molar-refractivity contribution in [1.82, 2.24) is 4.90 Å². The van der Waals surface area contributed by atoms with Crippen molar-refractivity contribution in [3.63, 3.8) is 0 Å². The molecule has 1 atom stereocenters. The molecule has 1 aliphatic rings. The Kier molecular flexibility index (Phi) is 4.55. The van der Waals surface area contributed by atoms with Crippen LogP contribution in [0.2, 0.25) is 0 Å². The summed E-state index contributed by atoms with van der Waals surface area (Å²) >= 11 is 0. The van der Waals surface area contributed by atoms with Crippen molar-refractivity contribution < 1.29 is 14.7 Å². The second-order valence-corrected chi connectivity index (χ2v) is 4.98. The molecule has 1 aliphatic heterocycles. The molecule has 6 nitrogen and oxygen atoms in total. The van der Waals surface area contributed by atoms with Gasteiger partial charge in [0.25, 0.3) is 0 Å². The molecule has 6 heteroatoms. The van der Waals surface area contributed by atoms with Gasteiger partial charge in [0.05, 0.1) is 17.9 Å². The van der Waals surface area contributed by atoms with Crippen LogP contribution in [0.25, 0.3) is 0 Å². The smallest absolute Gasteiger partial charge is 0.246 e. The van der Waals surface area contributed by atoms with Crippen LogP contribution in [0.5, 0.6) is 0 Å². The molecule has 110 valence electrons. The molecule has 0 aromatic heterocycles. The average Bonchev–Trinajstić information content (AvgIpc) is 2.49. The van der Waals surface area contributed by atoms with Gasteiger partial charge < -0.3 is 14.9 Å². The van der Waals surface area contributed by atoms with Crippen molar-refractivity contribution in [1.29, 1.82) is 5.26 Å². The van der Waals surface area contributed by atoms with Crippen molar-refractivity contribution >= 4 is 17.5 Å². The maximum absolute atomic E-state index is 12.3. The number of aliphatic hydroxyl groups is 1. The summed E-state index contributed by atoms with van der Waals surface area (Å²) in [7, 11) is 0. The highest BCUT2D eigenvalue weighted by molar-refractivity contribution is 5.99. The second-order valence-electron chi connectivity index (χ2n) is 4.98. The van der Waals surface area contributed by atoms with Gasteiger partial charge in [-0.2, -0.15) is 5.26 Å². The third-order valence-corrected chi connectivity index (χ3v) is 3.55. The summed E-state index contributed by atoms with van der Waals surface area (Å²) in [6, 6.07) is 8.83. The number of benzene rings is 1. The van der Waals surface area contributed by atoms with E-state index in [0.29, 0.717) is 17.8 Å². The molecule has 1 aromatic carbocycles. The van der Waals surface area contributed by atoms with Crippen LogP contribution in [0.1, 0.15) is 18.9 Å². The van der Waals surface area contributed by atoms with Gasteiger partial charge in [-0.25, -0.2) is 0 Å². The van der Waals surface area contributed by atoms with E-state index in [9.17, 15) is 9.59 Å². The molecule has 0 saturated carbocycles. The molecular weight excluding hydrogens is 270 g/mol. The quantitative estimate of drug-likeness (QED) is 0.877. The summed E-state index contributed by atoms with van der Waals surface area (Å²) in [4.78, 5) is 27.2. The Morgan fingerprint density at radius 3 is 2.86 bits per heavy atom. The number of nitrogens with zero attached hydrogens (tertiary/aromatic N) is 3. The van der Waals surface area contributed by atoms with E-state index >= 15 is 0 Å². The number of hydrogen-bond donors (Lipinski definition) is 1. The molecular formula is C15H17N3O3. The van der Waals surface area contributed by atoms with Crippen LogP contribution in [0, 0.1) is 11.3 Å². The summed E-state index contributed by atoms with van der Waals surface area (Å²) in [5, 5.41) is 18.0. The minimum absolute atomic E-state index is 0.0202. The van der Waals surface area contributed by atoms with Crippen LogP contribution in [0.4, 0.5) is 5.69 Å². The minimum atomic E-state index is -0.230. The molecule has 0 radical (unpaired) electrons. The van der Waals surface area contributed by atoms with Crippen LogP contribution in [-0.2, 0) is 9.59 Å². The standard InChI is InChI=1S/C15H17N3O3/c1-11-9-18(13-5-3-2-4-12(13)8-16)15(21)10-17(11)14(20)6-7-19/h2-5,11,19H,6-7,9-10H2,1H3. The highest BCUT2D eigenvalue weighted by Crippen LogP contribution is 2.24. The molecule has 0 aliphatic carbocycles. The number of piperazine rings is 1. The van der Waals surface area contributed by atoms with Crippen LogP contribution in [0.3, 0.4) is 0 Å². The second kappa shape index (κ2) is 6.37. The topological polar surface area (TPSA) is 84.6 Å². The summed E-state index contributed by atoms with van der Waals surface area (Å²) in [6.45, 7) is 1.94. The molecule has 21 heavy (non-hydrogen) atoms. The number of rotatable bonds is 3. The summed E-state index contributed by atoms with van der Waals surface area (Å²) in [6.07, 6.45) is 0.0202. The number of para-hydroxylation sites is 1. The van der Waals surface area contributed by atoms with Gasteiger partial charge in [0, 0.05) is 19.0 Å². The minimum Gasteiger partial charge on any atom is -0.396 e. The molecule has 2 rings (SSSR count). The van der Waals surface area contributed by atoms with Crippen LogP contribution in [-0.4, -0.2) is 47.6 Å². The van der Waals surface area contributed by atoms with E-state index in [2.05, 4.69) is 6.07 Å². The lowest BCUT2D eigenvalue weighted by atomic mass is 10.1. The number of aliphatic hydroxyl groups excluding tert-OH is 1. The van der Waals surface area contributed by atoms with Crippen molar-refractivity contribution in [3.8, 4) is 6.07 Å². The maximum atomic E-state index is 12.3. The molecule has 1 unspecified atom stereocenters. The number of anilines is 1. The first-order valence-electron chi connectivity index (χ1n) is 6.78. The van der Waals surface area contributed by atoms with Gasteiger partial charge in [-0.1, -0.05) is 12.1 Å². The molecule has 1 fully saturated rings. The summed E-state index contributed by atoms with van der Waals surface area (Å²) in [5.41, 5.74) is 1.01. The molecule has 0 bridgehead atoms. The van der Waals surface area contributed by atoms with Crippen molar-refractivity contribution in [3.05, 3.63) is 29.8 Å². The van der Waals surface area contributed by atoms with E-state index in [-0.39, 0.29) is 37.4 Å². The van der Waals surface area contributed by atoms with E-state index in [1.165, 1.54) is 4.90 Å². The lowest BCUT2D eigenvalue weighted by molar-refractivity contribution is -0.139. The molecule has 1 aromatic rings. The fraction of sp³-hybridized carbons (Fsp3) is 0.400. The SMILES string of the molecule is CC1CN(c2ccccc2C#N)C(=O)CN1C(=O)CCO. The zero-order chi connectivity index (χ0) is 15.4. The lowest BCUT2D eigenvalue weighted by Crippen LogP contribution is -2.57. The zero-order valence-corrected chi connectivity index (χ0v) is 11.8. The van der Waals surface area contributed by atoms with Crippen LogP contribution in [0.15, 0.2) is 24.3 Å². The largest absolute Gasteiger partial charge is 0.396 e. The van der Waals surface area contributed by atoms with Gasteiger partial charge in [-0.15, -0.1) is 0 Å². The molecule has 1 heterocycles. The molecule has 1 N–H and O–H groups in total. The van der Waals surface area contributed by atoms with Gasteiger partial charge in [0.15, 0.2) is 0 Å². The number of carbonyl (C=O) groups excluding carboxylic acids is 2. The third-order valence-electron chi connectivity index (χ3n) is 3.55. The number of carbonyl (C=O) groups is 2. The number of amides is 2. The third kappa shape index (κ3) is 3.03. The van der Waals surface area contributed by atoms with Crippen molar-refractivity contribution in [2.45, 2.75) is 19.4 Å². The average molecular weight is 287 g/mol. The Bertz CT molecular complexity index is 594. The Morgan fingerprint density at radius 1 is 1.48 bits per heavy atom. The van der Waals surface area contributed by atoms with Gasteiger partial charge >= 0.3 is 0 Å². The first-order valence-corrected chi connectivity index (χ1v) is 6.78. The Labute approximate surface area is 123 Å². The number of hydrogen-bond acceptors (Lipinski definition) is 4. The van der Waals surface area contributed by atoms with Gasteiger partial charge in [0.2, 0.25) is 11.8 Å². The van der Waals surface area contributed by atoms with E-state index in [1.54, 1.807) is 29.2 Å². The lowest BCUT2D eigenvalue weighted by Gasteiger charge is -2.39. The Balaban J connectivity index is 2.22. The highest BCUT2D eigenvalue weighted by Gasteiger charge is 2.33. The number of nitriles is 1. The van der Waals surface area contributed by atoms with E-state index in [0.717, 1.165) is 0 Å². The first kappa shape index (κ1) is 15.0.